The number of carbonyl (C=O) groups is 1. The Bertz CT molecular complexity index is 1090. The van der Waals surface area contributed by atoms with Crippen LogP contribution in [0.1, 0.15) is 64.5 Å². The summed E-state index contributed by atoms with van der Waals surface area (Å²) < 4.78 is 2.05. The zero-order chi connectivity index (χ0) is 19.9. The number of aromatic nitrogens is 2. The molecule has 0 radical (unpaired) electrons. The molecule has 2 aromatic heterocycles. The third kappa shape index (κ3) is 3.42. The van der Waals surface area contributed by atoms with Crippen LogP contribution in [0.5, 0.6) is 0 Å². The number of benzene rings is 1. The van der Waals surface area contributed by atoms with Crippen LogP contribution >= 0.6 is 0 Å². The first kappa shape index (κ1) is 19.0. The predicted molar refractivity (Wildman–Crippen MR) is 110 cm³/mol. The minimum atomic E-state index is -0.421. The number of aryl methyl sites for hydroxylation is 3. The molecule has 1 amide bonds. The number of nitrogens with zero attached hydrogens (tertiary/aromatic N) is 1. The van der Waals surface area contributed by atoms with Crippen molar-refractivity contribution in [3.05, 3.63) is 68.3 Å². The maximum Gasteiger partial charge on any atom is 0.253 e. The Balaban J connectivity index is 2.24. The van der Waals surface area contributed by atoms with Gasteiger partial charge < -0.3 is 15.3 Å². The number of carbonyl (C=O) groups excluding carboxylic acids is 1. The Morgan fingerprint density at radius 2 is 1.89 bits per heavy atom. The fourth-order valence-electron chi connectivity index (χ4n) is 3.75. The number of fused-ring (bicyclic) bond motifs is 1. The van der Waals surface area contributed by atoms with Crippen LogP contribution in [0.25, 0.3) is 10.9 Å². The van der Waals surface area contributed by atoms with E-state index >= 15 is 0 Å². The molecule has 3 N–H and O–H groups in total. The lowest BCUT2D eigenvalue weighted by Crippen LogP contribution is -2.18. The van der Waals surface area contributed by atoms with Gasteiger partial charge in [-0.3, -0.25) is 9.59 Å². The summed E-state index contributed by atoms with van der Waals surface area (Å²) in [6, 6.07) is 6.02. The number of aromatic amines is 1. The van der Waals surface area contributed by atoms with Crippen molar-refractivity contribution in [3.8, 4) is 0 Å². The summed E-state index contributed by atoms with van der Waals surface area (Å²) in [5.41, 5.74) is 11.7. The first-order valence-electron chi connectivity index (χ1n) is 9.35. The second-order valence-corrected chi connectivity index (χ2v) is 7.52. The van der Waals surface area contributed by atoms with Crippen LogP contribution in [0.15, 0.2) is 29.2 Å². The standard InChI is InChI=1S/C22H27N3O2/c1-6-12(2)16-8-17(21(23)26)20-14(4)10-25(19(20)9-16)11-18-13(3)7-15(5)24-22(18)27/h7-10,12H,6,11H2,1-5H3,(H2,23,26)(H,24,27). The molecule has 0 aliphatic heterocycles. The number of H-pyrrole nitrogens is 1. The molecule has 5 heteroatoms. The molecule has 0 aliphatic rings. The van der Waals surface area contributed by atoms with E-state index in [1.165, 1.54) is 0 Å². The zero-order valence-corrected chi connectivity index (χ0v) is 16.6. The summed E-state index contributed by atoms with van der Waals surface area (Å²) in [5.74, 6) is -0.101. The van der Waals surface area contributed by atoms with Crippen LogP contribution in [0.2, 0.25) is 0 Å². The molecule has 0 spiro atoms. The molecule has 0 fully saturated rings. The fourth-order valence-corrected chi connectivity index (χ4v) is 3.75. The summed E-state index contributed by atoms with van der Waals surface area (Å²) in [6.45, 7) is 10.5. The molecule has 0 saturated heterocycles. The maximum atomic E-state index is 12.5. The van der Waals surface area contributed by atoms with Crippen LogP contribution < -0.4 is 11.3 Å². The van der Waals surface area contributed by atoms with Crippen LogP contribution in [-0.2, 0) is 6.54 Å². The van der Waals surface area contributed by atoms with E-state index in [9.17, 15) is 9.59 Å². The average molecular weight is 365 g/mol. The summed E-state index contributed by atoms with van der Waals surface area (Å²) in [7, 11) is 0. The predicted octanol–water partition coefficient (Wildman–Crippen LogP) is 3.92. The monoisotopic (exact) mass is 365 g/mol. The van der Waals surface area contributed by atoms with E-state index in [0.29, 0.717) is 18.0 Å². The number of rotatable bonds is 5. The highest BCUT2D eigenvalue weighted by Crippen LogP contribution is 2.31. The van der Waals surface area contributed by atoms with Crippen molar-refractivity contribution < 1.29 is 4.79 Å². The van der Waals surface area contributed by atoms with Gasteiger partial charge in [0.25, 0.3) is 5.56 Å². The smallest absolute Gasteiger partial charge is 0.253 e. The lowest BCUT2D eigenvalue weighted by atomic mass is 9.94. The molecule has 1 unspecified atom stereocenters. The Hall–Kier alpha value is -2.82. The first-order valence-corrected chi connectivity index (χ1v) is 9.35. The van der Waals surface area contributed by atoms with Gasteiger partial charge in [-0.1, -0.05) is 13.8 Å². The number of nitrogens with one attached hydrogen (secondary N) is 1. The fraction of sp³-hybridized carbons (Fsp3) is 0.364. The number of nitrogens with two attached hydrogens (primary N) is 1. The zero-order valence-electron chi connectivity index (χ0n) is 16.6. The van der Waals surface area contributed by atoms with E-state index in [0.717, 1.165) is 45.3 Å². The van der Waals surface area contributed by atoms with Crippen molar-refractivity contribution in [2.75, 3.05) is 0 Å². The van der Waals surface area contributed by atoms with Gasteiger partial charge in [-0.2, -0.15) is 0 Å². The average Bonchev–Trinajstić information content (AvgIpc) is 2.92. The van der Waals surface area contributed by atoms with E-state index < -0.39 is 5.91 Å². The van der Waals surface area contributed by atoms with Crippen molar-refractivity contribution in [2.24, 2.45) is 5.73 Å². The number of pyridine rings is 1. The van der Waals surface area contributed by atoms with Crippen LogP contribution in [0.4, 0.5) is 0 Å². The number of hydrogen-bond donors (Lipinski definition) is 2. The SMILES string of the molecule is CCC(C)c1cc(C(N)=O)c2c(C)cn(Cc3c(C)cc(C)[nH]c3=O)c2c1. The van der Waals surface area contributed by atoms with Gasteiger partial charge in [0.05, 0.1) is 6.54 Å². The van der Waals surface area contributed by atoms with Crippen molar-refractivity contribution in [2.45, 2.75) is 53.5 Å². The van der Waals surface area contributed by atoms with Crippen molar-refractivity contribution in [1.29, 1.82) is 0 Å². The molecule has 0 bridgehead atoms. The molecule has 142 valence electrons. The summed E-state index contributed by atoms with van der Waals surface area (Å²) in [6.07, 6.45) is 2.97. The van der Waals surface area contributed by atoms with Gasteiger partial charge in [0.15, 0.2) is 0 Å². The van der Waals surface area contributed by atoms with Crippen LogP contribution in [-0.4, -0.2) is 15.5 Å². The molecule has 3 rings (SSSR count). The Morgan fingerprint density at radius 3 is 2.48 bits per heavy atom. The van der Waals surface area contributed by atoms with E-state index in [1.807, 2.05) is 39.1 Å². The van der Waals surface area contributed by atoms with E-state index in [4.69, 9.17) is 5.73 Å². The van der Waals surface area contributed by atoms with E-state index in [1.54, 1.807) is 0 Å². The van der Waals surface area contributed by atoms with Gasteiger partial charge in [0, 0.05) is 33.9 Å². The Labute approximate surface area is 159 Å². The van der Waals surface area contributed by atoms with Gasteiger partial charge in [0.1, 0.15) is 0 Å². The molecule has 27 heavy (non-hydrogen) atoms. The molecule has 1 atom stereocenters. The van der Waals surface area contributed by atoms with Gasteiger partial charge in [0.2, 0.25) is 5.91 Å². The second-order valence-electron chi connectivity index (χ2n) is 7.52. The third-order valence-electron chi connectivity index (χ3n) is 5.46. The lowest BCUT2D eigenvalue weighted by molar-refractivity contribution is 0.100. The molecule has 5 nitrogen and oxygen atoms in total. The van der Waals surface area contributed by atoms with Crippen molar-refractivity contribution in [3.63, 3.8) is 0 Å². The topological polar surface area (TPSA) is 80.9 Å². The van der Waals surface area contributed by atoms with Crippen LogP contribution in [0, 0.1) is 20.8 Å². The van der Waals surface area contributed by atoms with Crippen molar-refractivity contribution in [1.82, 2.24) is 9.55 Å². The number of hydrogen-bond acceptors (Lipinski definition) is 2. The maximum absolute atomic E-state index is 12.5. The highest BCUT2D eigenvalue weighted by atomic mass is 16.1. The van der Waals surface area contributed by atoms with Crippen molar-refractivity contribution >= 4 is 16.8 Å². The molecular weight excluding hydrogens is 338 g/mol. The van der Waals surface area contributed by atoms with Gasteiger partial charge in [-0.15, -0.1) is 0 Å². The summed E-state index contributed by atoms with van der Waals surface area (Å²) >= 11 is 0. The molecular formula is C22H27N3O2. The molecule has 0 saturated carbocycles. The molecule has 1 aromatic carbocycles. The normalized spacial score (nSPS) is 12.5. The second kappa shape index (κ2) is 7.06. The largest absolute Gasteiger partial charge is 0.366 e. The minimum Gasteiger partial charge on any atom is -0.366 e. The Morgan fingerprint density at radius 1 is 1.19 bits per heavy atom. The quantitative estimate of drug-likeness (QED) is 0.719. The van der Waals surface area contributed by atoms with Gasteiger partial charge in [-0.05, 0) is 68.0 Å². The molecule has 0 aliphatic carbocycles. The minimum absolute atomic E-state index is 0.0693. The summed E-state index contributed by atoms with van der Waals surface area (Å²) in [4.78, 5) is 27.4. The summed E-state index contributed by atoms with van der Waals surface area (Å²) in [5, 5.41) is 0.871. The number of primary amides is 1. The highest BCUT2D eigenvalue weighted by Gasteiger charge is 2.18. The third-order valence-corrected chi connectivity index (χ3v) is 5.46. The first-order chi connectivity index (χ1) is 12.7. The number of amides is 1. The van der Waals surface area contributed by atoms with E-state index in [-0.39, 0.29) is 5.56 Å². The lowest BCUT2D eigenvalue weighted by Gasteiger charge is -2.14. The van der Waals surface area contributed by atoms with E-state index in [2.05, 4.69) is 29.5 Å². The highest BCUT2D eigenvalue weighted by molar-refractivity contribution is 6.07. The van der Waals surface area contributed by atoms with Crippen LogP contribution in [0.3, 0.4) is 0 Å². The van der Waals surface area contributed by atoms with Gasteiger partial charge >= 0.3 is 0 Å². The Kier molecular flexibility index (Phi) is 4.96. The molecule has 3 aromatic rings. The molecule has 2 heterocycles. The van der Waals surface area contributed by atoms with Gasteiger partial charge in [-0.25, -0.2) is 0 Å².